The van der Waals surface area contributed by atoms with Crippen molar-refractivity contribution in [2.75, 3.05) is 11.9 Å². The number of ether oxygens (including phenoxy) is 1. The number of anilines is 1. The summed E-state index contributed by atoms with van der Waals surface area (Å²) in [7, 11) is 0. The number of nitrogens with one attached hydrogen (secondary N) is 1. The van der Waals surface area contributed by atoms with Gasteiger partial charge in [-0.1, -0.05) is 12.2 Å². The highest BCUT2D eigenvalue weighted by Crippen LogP contribution is 2.11. The number of aromatic nitrogens is 1. The van der Waals surface area contributed by atoms with Crippen LogP contribution < -0.4 is 15.8 Å². The van der Waals surface area contributed by atoms with Crippen molar-refractivity contribution in [2.45, 2.75) is 13.3 Å². The van der Waals surface area contributed by atoms with Crippen LogP contribution in [0.4, 0.5) is 5.69 Å². The van der Waals surface area contributed by atoms with E-state index in [1.807, 2.05) is 6.92 Å². The van der Waals surface area contributed by atoms with Gasteiger partial charge in [0.05, 0.1) is 29.9 Å². The van der Waals surface area contributed by atoms with E-state index < -0.39 is 0 Å². The first-order chi connectivity index (χ1) is 7.61. The molecule has 0 radical (unpaired) electrons. The first-order valence-corrected chi connectivity index (χ1v) is 5.19. The number of carbonyl (C=O) groups excluding carboxylic acids is 1. The third-order valence-corrected chi connectivity index (χ3v) is 1.79. The summed E-state index contributed by atoms with van der Waals surface area (Å²) in [4.78, 5) is 15.5. The minimum absolute atomic E-state index is 0.0303. The fraction of sp³-hybridized carbons (Fsp3) is 0.300. The van der Waals surface area contributed by atoms with E-state index in [9.17, 15) is 4.79 Å². The van der Waals surface area contributed by atoms with Gasteiger partial charge in [-0.15, -0.1) is 0 Å². The minimum Gasteiger partial charge on any atom is -0.478 e. The molecule has 3 N–H and O–H groups in total. The second kappa shape index (κ2) is 6.02. The predicted molar refractivity (Wildman–Crippen MR) is 65.4 cm³/mol. The topological polar surface area (TPSA) is 77.2 Å². The van der Waals surface area contributed by atoms with Crippen LogP contribution in [0.15, 0.2) is 18.3 Å². The molecule has 1 aromatic rings. The molecule has 0 fully saturated rings. The smallest absolute Gasteiger partial charge is 0.231 e. The van der Waals surface area contributed by atoms with Crippen molar-refractivity contribution in [2.24, 2.45) is 5.73 Å². The van der Waals surface area contributed by atoms with Gasteiger partial charge in [-0.25, -0.2) is 4.98 Å². The van der Waals surface area contributed by atoms with E-state index >= 15 is 0 Å². The number of carbonyl (C=O) groups is 1. The summed E-state index contributed by atoms with van der Waals surface area (Å²) in [6.07, 6.45) is 1.55. The van der Waals surface area contributed by atoms with Gasteiger partial charge in [0.1, 0.15) is 0 Å². The van der Waals surface area contributed by atoms with Gasteiger partial charge in [0, 0.05) is 6.07 Å². The van der Waals surface area contributed by atoms with E-state index in [1.165, 1.54) is 6.20 Å². The predicted octanol–water partition coefficient (Wildman–Crippen LogP) is 1.09. The van der Waals surface area contributed by atoms with Crippen LogP contribution in [-0.2, 0) is 4.79 Å². The Hall–Kier alpha value is -1.69. The van der Waals surface area contributed by atoms with Gasteiger partial charge >= 0.3 is 0 Å². The Labute approximate surface area is 99.0 Å². The molecule has 0 bridgehead atoms. The average Bonchev–Trinajstić information content (AvgIpc) is 2.20. The van der Waals surface area contributed by atoms with E-state index in [2.05, 4.69) is 22.5 Å². The SMILES string of the molecule is CCOc1ccc(NC(=O)CC(N)=S)cn1. The number of pyridine rings is 1. The van der Waals surface area contributed by atoms with Gasteiger partial charge in [0.25, 0.3) is 0 Å². The number of rotatable bonds is 5. The maximum absolute atomic E-state index is 11.3. The summed E-state index contributed by atoms with van der Waals surface area (Å²) in [5.74, 6) is 0.272. The lowest BCUT2D eigenvalue weighted by Gasteiger charge is -2.05. The van der Waals surface area contributed by atoms with Gasteiger partial charge in [-0.05, 0) is 13.0 Å². The Balaban J connectivity index is 2.54. The molecule has 0 unspecified atom stereocenters. The normalized spacial score (nSPS) is 9.56. The first-order valence-electron chi connectivity index (χ1n) is 4.79. The molecule has 0 spiro atoms. The maximum Gasteiger partial charge on any atom is 0.231 e. The van der Waals surface area contributed by atoms with Gasteiger partial charge in [0.15, 0.2) is 0 Å². The number of nitrogens with zero attached hydrogens (tertiary/aromatic N) is 1. The Bertz CT molecular complexity index is 378. The van der Waals surface area contributed by atoms with Crippen LogP contribution in [0.25, 0.3) is 0 Å². The van der Waals surface area contributed by atoms with Crippen molar-refractivity contribution in [1.29, 1.82) is 0 Å². The van der Waals surface area contributed by atoms with Crippen molar-refractivity contribution in [3.8, 4) is 5.88 Å². The zero-order valence-corrected chi connectivity index (χ0v) is 9.71. The molecule has 0 saturated heterocycles. The molecule has 0 saturated carbocycles. The molecule has 0 aliphatic carbocycles. The van der Waals surface area contributed by atoms with Crippen molar-refractivity contribution in [3.05, 3.63) is 18.3 Å². The van der Waals surface area contributed by atoms with Gasteiger partial charge in [0.2, 0.25) is 11.8 Å². The second-order valence-electron chi connectivity index (χ2n) is 3.01. The van der Waals surface area contributed by atoms with E-state index in [0.717, 1.165) is 0 Å². The number of amides is 1. The van der Waals surface area contributed by atoms with Crippen LogP contribution in [0, 0.1) is 0 Å². The Kier molecular flexibility index (Phi) is 4.65. The van der Waals surface area contributed by atoms with E-state index in [-0.39, 0.29) is 17.3 Å². The van der Waals surface area contributed by atoms with Crippen molar-refractivity contribution in [3.63, 3.8) is 0 Å². The lowest BCUT2D eigenvalue weighted by Crippen LogP contribution is -2.20. The molecule has 16 heavy (non-hydrogen) atoms. The number of nitrogens with two attached hydrogens (primary N) is 1. The largest absolute Gasteiger partial charge is 0.478 e. The number of hydrogen-bond acceptors (Lipinski definition) is 4. The van der Waals surface area contributed by atoms with Crippen LogP contribution in [0.2, 0.25) is 0 Å². The van der Waals surface area contributed by atoms with Gasteiger partial charge < -0.3 is 15.8 Å². The molecule has 0 aromatic carbocycles. The second-order valence-corrected chi connectivity index (χ2v) is 3.53. The number of thiocarbonyl (C=S) groups is 1. The standard InChI is InChI=1S/C10H13N3O2S/c1-2-15-10-4-3-7(6-12-10)13-9(14)5-8(11)16/h3-4,6H,2,5H2,1H3,(H2,11,16)(H,13,14). The Morgan fingerprint density at radius 3 is 2.88 bits per heavy atom. The summed E-state index contributed by atoms with van der Waals surface area (Å²) in [5, 5.41) is 2.62. The summed E-state index contributed by atoms with van der Waals surface area (Å²) in [5.41, 5.74) is 5.83. The minimum atomic E-state index is -0.251. The highest BCUT2D eigenvalue weighted by Gasteiger charge is 2.04. The summed E-state index contributed by atoms with van der Waals surface area (Å²) < 4.78 is 5.17. The molecule has 1 amide bonds. The first kappa shape index (κ1) is 12.4. The quantitative estimate of drug-likeness (QED) is 0.752. The molecule has 0 atom stereocenters. The molecule has 6 heteroatoms. The van der Waals surface area contributed by atoms with Crippen LogP contribution in [0.5, 0.6) is 5.88 Å². The molecule has 0 aliphatic heterocycles. The molecule has 0 aliphatic rings. The van der Waals surface area contributed by atoms with Gasteiger partial charge in [-0.2, -0.15) is 0 Å². The van der Waals surface area contributed by atoms with Crippen LogP contribution in [0.1, 0.15) is 13.3 Å². The fourth-order valence-corrected chi connectivity index (χ4v) is 1.18. The fourth-order valence-electron chi connectivity index (χ4n) is 1.05. The lowest BCUT2D eigenvalue weighted by molar-refractivity contribution is -0.115. The summed E-state index contributed by atoms with van der Waals surface area (Å²) >= 11 is 4.62. The monoisotopic (exact) mass is 239 g/mol. The van der Waals surface area contributed by atoms with Crippen molar-refractivity contribution < 1.29 is 9.53 Å². The van der Waals surface area contributed by atoms with Crippen LogP contribution in [0.3, 0.4) is 0 Å². The average molecular weight is 239 g/mol. The van der Waals surface area contributed by atoms with E-state index in [0.29, 0.717) is 18.2 Å². The highest BCUT2D eigenvalue weighted by molar-refractivity contribution is 7.80. The van der Waals surface area contributed by atoms with E-state index in [1.54, 1.807) is 12.1 Å². The van der Waals surface area contributed by atoms with Crippen LogP contribution in [-0.4, -0.2) is 22.5 Å². The molecular formula is C10H13N3O2S. The molecular weight excluding hydrogens is 226 g/mol. The Morgan fingerprint density at radius 2 is 2.38 bits per heavy atom. The number of hydrogen-bond donors (Lipinski definition) is 2. The molecule has 1 aromatic heterocycles. The Morgan fingerprint density at radius 1 is 1.62 bits per heavy atom. The molecule has 1 rings (SSSR count). The zero-order chi connectivity index (χ0) is 12.0. The van der Waals surface area contributed by atoms with Crippen molar-refractivity contribution >= 4 is 28.8 Å². The van der Waals surface area contributed by atoms with Crippen molar-refractivity contribution in [1.82, 2.24) is 4.98 Å². The lowest BCUT2D eigenvalue weighted by atomic mass is 10.3. The van der Waals surface area contributed by atoms with E-state index in [4.69, 9.17) is 10.5 Å². The molecule has 5 nitrogen and oxygen atoms in total. The molecule has 1 heterocycles. The zero-order valence-electron chi connectivity index (χ0n) is 8.90. The summed E-state index contributed by atoms with van der Waals surface area (Å²) in [6.45, 7) is 2.43. The maximum atomic E-state index is 11.3. The van der Waals surface area contributed by atoms with Crippen LogP contribution >= 0.6 is 12.2 Å². The van der Waals surface area contributed by atoms with Gasteiger partial charge in [-0.3, -0.25) is 4.79 Å². The third-order valence-electron chi connectivity index (χ3n) is 1.65. The molecule has 86 valence electrons. The third kappa shape index (κ3) is 4.22. The summed E-state index contributed by atoms with van der Waals surface area (Å²) in [6, 6.07) is 3.38. The highest BCUT2D eigenvalue weighted by atomic mass is 32.1.